The zero-order chi connectivity index (χ0) is 24.4. The number of amides is 1. The SMILES string of the molecule is CC(C)(C)OC(=O)N1CC=C(c2nccnc2OC2CC(Nc3ccc4ccccc4n3)C2)CC1. The molecule has 8 heteroatoms. The molecule has 0 unspecified atom stereocenters. The van der Waals surface area contributed by atoms with Crippen LogP contribution in [0.2, 0.25) is 0 Å². The van der Waals surface area contributed by atoms with Crippen LogP contribution in [0.4, 0.5) is 10.6 Å². The van der Waals surface area contributed by atoms with E-state index in [2.05, 4.69) is 27.4 Å². The molecule has 3 heterocycles. The number of nitrogens with one attached hydrogen (secondary N) is 1. The number of nitrogens with zero attached hydrogens (tertiary/aromatic N) is 4. The molecule has 2 aromatic heterocycles. The van der Waals surface area contributed by atoms with Gasteiger partial charge in [0.25, 0.3) is 0 Å². The molecule has 35 heavy (non-hydrogen) atoms. The van der Waals surface area contributed by atoms with Gasteiger partial charge in [0.2, 0.25) is 5.88 Å². The number of rotatable bonds is 5. The molecule has 0 spiro atoms. The highest BCUT2D eigenvalue weighted by atomic mass is 16.6. The predicted octanol–water partition coefficient (Wildman–Crippen LogP) is 5.07. The van der Waals surface area contributed by atoms with Crippen LogP contribution >= 0.6 is 0 Å². The quantitative estimate of drug-likeness (QED) is 0.553. The molecule has 2 aliphatic rings. The molecular weight excluding hydrogens is 442 g/mol. The summed E-state index contributed by atoms with van der Waals surface area (Å²) in [6.07, 6.45) is 7.55. The van der Waals surface area contributed by atoms with Crippen molar-refractivity contribution in [2.45, 2.75) is 57.8 Å². The first kappa shape index (κ1) is 23.1. The molecule has 3 aromatic rings. The topological polar surface area (TPSA) is 89.5 Å². The molecule has 8 nitrogen and oxygen atoms in total. The standard InChI is InChI=1S/C27H31N5O3/c1-27(2,3)35-26(33)32-14-10-19(11-15-32)24-25(29-13-12-28-24)34-21-16-20(17-21)30-23-9-8-18-6-4-5-7-22(18)31-23/h4-10,12-13,20-21H,11,14-17H2,1-3H3,(H,30,31). The second-order valence-corrected chi connectivity index (χ2v) is 10.1. The number of pyridine rings is 1. The van der Waals surface area contributed by atoms with Crippen LogP contribution in [0.5, 0.6) is 5.88 Å². The zero-order valence-electron chi connectivity index (χ0n) is 20.4. The van der Waals surface area contributed by atoms with Crippen molar-refractivity contribution >= 4 is 28.4 Å². The summed E-state index contributed by atoms with van der Waals surface area (Å²) in [7, 11) is 0. The van der Waals surface area contributed by atoms with Gasteiger partial charge in [-0.2, -0.15) is 0 Å². The first-order chi connectivity index (χ1) is 16.8. The lowest BCUT2D eigenvalue weighted by atomic mass is 9.89. The summed E-state index contributed by atoms with van der Waals surface area (Å²) >= 11 is 0. The van der Waals surface area contributed by atoms with Crippen LogP contribution in [-0.2, 0) is 4.74 Å². The average Bonchev–Trinajstić information content (AvgIpc) is 2.82. The maximum Gasteiger partial charge on any atom is 0.410 e. The Labute approximate surface area is 205 Å². The van der Waals surface area contributed by atoms with Crippen LogP contribution in [0.25, 0.3) is 16.5 Å². The summed E-state index contributed by atoms with van der Waals surface area (Å²) in [5.74, 6) is 1.44. The third kappa shape index (κ3) is 5.53. The molecule has 1 N–H and O–H groups in total. The Morgan fingerprint density at radius 3 is 2.66 bits per heavy atom. The van der Waals surface area contributed by atoms with E-state index >= 15 is 0 Å². The summed E-state index contributed by atoms with van der Waals surface area (Å²) in [4.78, 5) is 27.8. The van der Waals surface area contributed by atoms with E-state index in [1.807, 2.05) is 51.1 Å². The summed E-state index contributed by atoms with van der Waals surface area (Å²) in [6.45, 7) is 6.67. The molecular formula is C27H31N5O3. The van der Waals surface area contributed by atoms with Crippen LogP contribution in [0.1, 0.15) is 45.7 Å². The van der Waals surface area contributed by atoms with Gasteiger partial charge in [-0.1, -0.05) is 24.3 Å². The largest absolute Gasteiger partial charge is 0.473 e. The maximum absolute atomic E-state index is 12.4. The molecule has 0 saturated heterocycles. The molecule has 1 aliphatic carbocycles. The Bertz CT molecular complexity index is 1250. The van der Waals surface area contributed by atoms with E-state index in [-0.39, 0.29) is 12.2 Å². The van der Waals surface area contributed by atoms with Gasteiger partial charge in [-0.15, -0.1) is 0 Å². The minimum atomic E-state index is -0.507. The Morgan fingerprint density at radius 2 is 1.89 bits per heavy atom. The summed E-state index contributed by atoms with van der Waals surface area (Å²) in [5.41, 5.74) is 2.28. The highest BCUT2D eigenvalue weighted by molar-refractivity contribution is 5.80. The van der Waals surface area contributed by atoms with Crippen molar-refractivity contribution in [3.63, 3.8) is 0 Å². The van der Waals surface area contributed by atoms with Gasteiger partial charge in [-0.25, -0.2) is 19.7 Å². The number of aromatic nitrogens is 3. The van der Waals surface area contributed by atoms with Crippen molar-refractivity contribution < 1.29 is 14.3 Å². The first-order valence-electron chi connectivity index (χ1n) is 12.1. The number of hydrogen-bond acceptors (Lipinski definition) is 7. The fraction of sp³-hybridized carbons (Fsp3) is 0.407. The maximum atomic E-state index is 12.4. The lowest BCUT2D eigenvalue weighted by molar-refractivity contribution is 0.0270. The van der Waals surface area contributed by atoms with E-state index in [0.29, 0.717) is 31.4 Å². The Balaban J connectivity index is 1.17. The lowest BCUT2D eigenvalue weighted by Crippen LogP contribution is -2.43. The van der Waals surface area contributed by atoms with Crippen LogP contribution in [-0.4, -0.2) is 56.8 Å². The van der Waals surface area contributed by atoms with Crippen molar-refractivity contribution in [3.05, 3.63) is 60.6 Å². The Hall–Kier alpha value is -3.68. The lowest BCUT2D eigenvalue weighted by Gasteiger charge is -2.36. The molecule has 5 rings (SSSR count). The molecule has 1 saturated carbocycles. The Kier molecular flexibility index (Phi) is 6.28. The van der Waals surface area contributed by atoms with E-state index in [9.17, 15) is 4.79 Å². The number of para-hydroxylation sites is 1. The summed E-state index contributed by atoms with van der Waals surface area (Å²) in [5, 5.41) is 4.64. The van der Waals surface area contributed by atoms with Crippen molar-refractivity contribution in [2.24, 2.45) is 0 Å². The molecule has 1 aromatic carbocycles. The first-order valence-corrected chi connectivity index (χ1v) is 12.1. The number of benzene rings is 1. The van der Waals surface area contributed by atoms with E-state index < -0.39 is 5.60 Å². The van der Waals surface area contributed by atoms with Crippen LogP contribution in [0.15, 0.2) is 54.9 Å². The molecule has 1 amide bonds. The number of fused-ring (bicyclic) bond motifs is 1. The zero-order valence-corrected chi connectivity index (χ0v) is 20.4. The fourth-order valence-corrected chi connectivity index (χ4v) is 4.30. The summed E-state index contributed by atoms with van der Waals surface area (Å²) in [6, 6.07) is 12.5. The van der Waals surface area contributed by atoms with Gasteiger partial charge >= 0.3 is 6.09 Å². The highest BCUT2D eigenvalue weighted by Crippen LogP contribution is 2.32. The highest BCUT2D eigenvalue weighted by Gasteiger charge is 2.33. The molecule has 0 radical (unpaired) electrons. The number of anilines is 1. The molecule has 0 bridgehead atoms. The van der Waals surface area contributed by atoms with E-state index in [1.165, 1.54) is 0 Å². The van der Waals surface area contributed by atoms with E-state index in [0.717, 1.165) is 40.8 Å². The second-order valence-electron chi connectivity index (χ2n) is 10.1. The number of carbonyl (C=O) groups excluding carboxylic acids is 1. The minimum absolute atomic E-state index is 0.0749. The van der Waals surface area contributed by atoms with Gasteiger partial charge in [0.1, 0.15) is 23.2 Å². The summed E-state index contributed by atoms with van der Waals surface area (Å²) < 4.78 is 11.7. The van der Waals surface area contributed by atoms with Gasteiger partial charge in [-0.3, -0.25) is 0 Å². The molecule has 0 atom stereocenters. The van der Waals surface area contributed by atoms with Gasteiger partial charge in [0, 0.05) is 49.8 Å². The third-order valence-electron chi connectivity index (χ3n) is 6.15. The molecule has 1 fully saturated rings. The Morgan fingerprint density at radius 1 is 1.09 bits per heavy atom. The fourth-order valence-electron chi connectivity index (χ4n) is 4.30. The number of carbonyl (C=O) groups is 1. The third-order valence-corrected chi connectivity index (χ3v) is 6.15. The van der Waals surface area contributed by atoms with Crippen molar-refractivity contribution in [2.75, 3.05) is 18.4 Å². The smallest absolute Gasteiger partial charge is 0.410 e. The molecule has 182 valence electrons. The second kappa shape index (κ2) is 9.52. The van der Waals surface area contributed by atoms with Gasteiger partial charge in [0.05, 0.1) is 5.52 Å². The number of ether oxygens (including phenoxy) is 2. The van der Waals surface area contributed by atoms with Crippen molar-refractivity contribution in [1.82, 2.24) is 19.9 Å². The van der Waals surface area contributed by atoms with Crippen molar-refractivity contribution in [3.8, 4) is 5.88 Å². The van der Waals surface area contributed by atoms with Crippen LogP contribution in [0, 0.1) is 0 Å². The minimum Gasteiger partial charge on any atom is -0.473 e. The van der Waals surface area contributed by atoms with E-state index in [4.69, 9.17) is 14.5 Å². The monoisotopic (exact) mass is 473 g/mol. The van der Waals surface area contributed by atoms with Gasteiger partial charge in [0.15, 0.2) is 0 Å². The predicted molar refractivity (Wildman–Crippen MR) is 135 cm³/mol. The van der Waals surface area contributed by atoms with Crippen LogP contribution in [0.3, 0.4) is 0 Å². The van der Waals surface area contributed by atoms with Crippen molar-refractivity contribution in [1.29, 1.82) is 0 Å². The normalized spacial score (nSPS) is 20.1. The van der Waals surface area contributed by atoms with Gasteiger partial charge < -0.3 is 19.7 Å². The molecule has 1 aliphatic heterocycles. The van der Waals surface area contributed by atoms with Crippen LogP contribution < -0.4 is 10.1 Å². The average molecular weight is 474 g/mol. The number of hydrogen-bond donors (Lipinski definition) is 1. The van der Waals surface area contributed by atoms with Gasteiger partial charge in [-0.05, 0) is 51.0 Å². The van der Waals surface area contributed by atoms with E-state index in [1.54, 1.807) is 17.3 Å².